The van der Waals surface area contributed by atoms with E-state index in [2.05, 4.69) is 282 Å². The van der Waals surface area contributed by atoms with Gasteiger partial charge in [-0.15, -0.1) is 11.3 Å². The van der Waals surface area contributed by atoms with Crippen molar-refractivity contribution < 1.29 is 0 Å². The molecule has 0 atom stereocenters. The molecule has 0 N–H and O–H groups in total. The summed E-state index contributed by atoms with van der Waals surface area (Å²) >= 11 is 1.91. The maximum absolute atomic E-state index is 2.66. The summed E-state index contributed by atoms with van der Waals surface area (Å²) in [5, 5.41) is 2.55. The van der Waals surface area contributed by atoms with E-state index in [9.17, 15) is 0 Å². The molecule has 2 aliphatic rings. The van der Waals surface area contributed by atoms with Crippen molar-refractivity contribution in [2.24, 2.45) is 0 Å². The Hall–Kier alpha value is -8.90. The van der Waals surface area contributed by atoms with E-state index < -0.39 is 0 Å². The fraction of sp³-hybridized carbons (Fsp3) is 0. The Bertz CT molecular complexity index is 3910. The largest absolute Gasteiger partial charge is 0.376 e. The lowest BCUT2D eigenvalue weighted by Gasteiger charge is -2.46. The molecule has 0 fully saturated rings. The summed E-state index contributed by atoms with van der Waals surface area (Å²) in [6.07, 6.45) is 0. The van der Waals surface area contributed by atoms with Gasteiger partial charge in [0.25, 0.3) is 0 Å². The average molecular weight is 922 g/mol. The van der Waals surface area contributed by atoms with E-state index in [1.165, 1.54) is 87.0 Å². The van der Waals surface area contributed by atoms with E-state index in [1.54, 1.807) is 0 Å². The molecule has 3 nitrogen and oxygen atoms in total. The number of anilines is 8. The number of benzene rings is 11. The Morgan fingerprint density at radius 1 is 0.352 bits per heavy atom. The van der Waals surface area contributed by atoms with Crippen LogP contribution in [0.2, 0.25) is 0 Å². The lowest BCUT2D eigenvalue weighted by molar-refractivity contribution is 1.26. The van der Waals surface area contributed by atoms with Crippen molar-refractivity contribution in [3.8, 4) is 44.5 Å². The molecule has 332 valence electrons. The summed E-state index contributed by atoms with van der Waals surface area (Å²) < 4.78 is 2.57. The highest BCUT2D eigenvalue weighted by atomic mass is 32.1. The van der Waals surface area contributed by atoms with Crippen molar-refractivity contribution in [2.75, 3.05) is 14.6 Å². The summed E-state index contributed by atoms with van der Waals surface area (Å²) in [6.45, 7) is -0.196. The first-order valence-electron chi connectivity index (χ1n) is 24.4. The maximum Gasteiger partial charge on any atom is 0.333 e. The van der Waals surface area contributed by atoms with Gasteiger partial charge in [-0.05, 0) is 129 Å². The fourth-order valence-electron chi connectivity index (χ4n) is 11.2. The molecule has 12 aromatic rings. The number of rotatable bonds is 8. The van der Waals surface area contributed by atoms with Gasteiger partial charge in [0.2, 0.25) is 0 Å². The van der Waals surface area contributed by atoms with E-state index in [0.717, 1.165) is 34.1 Å². The predicted molar refractivity (Wildman–Crippen MR) is 304 cm³/mol. The zero-order valence-electron chi connectivity index (χ0n) is 38.7. The Morgan fingerprint density at radius 3 is 1.52 bits per heavy atom. The van der Waals surface area contributed by atoms with Gasteiger partial charge in [-0.1, -0.05) is 188 Å². The Labute approximate surface area is 418 Å². The highest BCUT2D eigenvalue weighted by Gasteiger charge is 2.46. The van der Waals surface area contributed by atoms with Crippen molar-refractivity contribution in [3.63, 3.8) is 0 Å². The van der Waals surface area contributed by atoms with Crippen LogP contribution in [0.3, 0.4) is 0 Å². The molecule has 1 aromatic heterocycles. The van der Waals surface area contributed by atoms with Gasteiger partial charge in [0, 0.05) is 60.8 Å². The molecule has 11 aromatic carbocycles. The highest BCUT2D eigenvalue weighted by Crippen LogP contribution is 2.53. The molecule has 14 rings (SSSR count). The van der Waals surface area contributed by atoms with E-state index in [1.807, 2.05) is 11.3 Å². The third-order valence-corrected chi connectivity index (χ3v) is 15.6. The van der Waals surface area contributed by atoms with Crippen LogP contribution in [-0.4, -0.2) is 6.85 Å². The Kier molecular flexibility index (Phi) is 9.82. The zero-order valence-corrected chi connectivity index (χ0v) is 39.5. The molecule has 0 saturated heterocycles. The van der Waals surface area contributed by atoms with Crippen LogP contribution in [0.4, 0.5) is 45.5 Å². The van der Waals surface area contributed by atoms with E-state index >= 15 is 0 Å². The van der Waals surface area contributed by atoms with Crippen LogP contribution in [-0.2, 0) is 0 Å². The molecule has 0 bridgehead atoms. The van der Waals surface area contributed by atoms with Gasteiger partial charge in [0.15, 0.2) is 0 Å². The van der Waals surface area contributed by atoms with Crippen molar-refractivity contribution in [1.82, 2.24) is 0 Å². The number of para-hydroxylation sites is 2. The maximum atomic E-state index is 2.66. The average Bonchev–Trinajstić information content (AvgIpc) is 3.83. The molecule has 3 heterocycles. The number of hydrogen-bond acceptors (Lipinski definition) is 4. The monoisotopic (exact) mass is 921 g/mol. The number of thiophene rings is 1. The number of nitrogens with zero attached hydrogens (tertiary/aromatic N) is 3. The summed E-state index contributed by atoms with van der Waals surface area (Å²) in [4.78, 5) is 7.65. The number of hydrogen-bond donors (Lipinski definition) is 0. The van der Waals surface area contributed by atoms with Gasteiger partial charge in [-0.3, -0.25) is 0 Å². The summed E-state index contributed by atoms with van der Waals surface area (Å²) in [5.74, 6) is 0. The lowest BCUT2D eigenvalue weighted by Crippen LogP contribution is -2.61. The molecule has 0 unspecified atom stereocenters. The van der Waals surface area contributed by atoms with Crippen LogP contribution in [0, 0.1) is 0 Å². The first-order chi connectivity index (χ1) is 35.2. The first kappa shape index (κ1) is 41.1. The molecule has 0 saturated carbocycles. The van der Waals surface area contributed by atoms with Crippen molar-refractivity contribution in [2.45, 2.75) is 0 Å². The zero-order chi connectivity index (χ0) is 46.8. The third kappa shape index (κ3) is 6.88. The minimum absolute atomic E-state index is 0.196. The van der Waals surface area contributed by atoms with E-state index in [4.69, 9.17) is 0 Å². The van der Waals surface area contributed by atoms with Gasteiger partial charge in [0.1, 0.15) is 0 Å². The SMILES string of the molecule is c1ccc(-c2cccc(N3B4c5ccc(-c6ccccc6)cc5N(c5cccc(-c6ccccc6)c5)c5c4c(cc4c5sc5ccccc54)-c4ccc(N(c5ccccc5)c5ccccc5)cc43)c2)cc1. The van der Waals surface area contributed by atoms with Gasteiger partial charge < -0.3 is 14.6 Å². The standard InChI is InChI=1S/C66H44BN3S/c1-6-20-45(21-7-1)48-26-18-32-53(40-48)69-62-42-50(47-24-10-3-11-25-47)36-39-60(62)67-64-58(44-59-57-34-16-17-35-63(57)71-66(59)65(64)69)56-38-37-54(68(51-28-12-4-13-29-51)52-30-14-5-15-31-52)43-61(56)70(67)55-33-19-27-49(41-55)46-22-8-2-9-23-46/h1-44H. The van der Waals surface area contributed by atoms with Gasteiger partial charge in [-0.25, -0.2) is 0 Å². The summed E-state index contributed by atoms with van der Waals surface area (Å²) in [5.41, 5.74) is 21.2. The molecular weight excluding hydrogens is 878 g/mol. The second-order valence-corrected chi connectivity index (χ2v) is 19.5. The second kappa shape index (κ2) is 17.0. The van der Waals surface area contributed by atoms with Crippen LogP contribution in [0.1, 0.15) is 0 Å². The highest BCUT2D eigenvalue weighted by molar-refractivity contribution is 7.26. The van der Waals surface area contributed by atoms with Gasteiger partial charge >= 0.3 is 6.85 Å². The minimum atomic E-state index is -0.196. The molecule has 0 radical (unpaired) electrons. The second-order valence-electron chi connectivity index (χ2n) is 18.4. The normalized spacial score (nSPS) is 12.4. The Balaban J connectivity index is 1.11. The molecule has 0 spiro atoms. The summed E-state index contributed by atoms with van der Waals surface area (Å²) in [7, 11) is 0. The van der Waals surface area contributed by atoms with Crippen molar-refractivity contribution >= 4 is 94.8 Å². The van der Waals surface area contributed by atoms with Crippen molar-refractivity contribution in [1.29, 1.82) is 0 Å². The quantitative estimate of drug-likeness (QED) is 0.141. The topological polar surface area (TPSA) is 9.72 Å². The van der Waals surface area contributed by atoms with Crippen LogP contribution >= 0.6 is 11.3 Å². The predicted octanol–water partition coefficient (Wildman–Crippen LogP) is 17.2. The third-order valence-electron chi connectivity index (χ3n) is 14.4. The molecule has 2 aliphatic heterocycles. The van der Waals surface area contributed by atoms with Crippen LogP contribution in [0.15, 0.2) is 267 Å². The van der Waals surface area contributed by atoms with E-state index in [0.29, 0.717) is 0 Å². The van der Waals surface area contributed by atoms with E-state index in [-0.39, 0.29) is 6.85 Å². The molecule has 0 aliphatic carbocycles. The van der Waals surface area contributed by atoms with Crippen molar-refractivity contribution in [3.05, 3.63) is 267 Å². The minimum Gasteiger partial charge on any atom is -0.376 e. The smallest absolute Gasteiger partial charge is 0.333 e. The van der Waals surface area contributed by atoms with Crippen LogP contribution in [0.5, 0.6) is 0 Å². The molecule has 0 amide bonds. The fourth-order valence-corrected chi connectivity index (χ4v) is 12.4. The Morgan fingerprint density at radius 2 is 0.887 bits per heavy atom. The molecular formula is C66H44BN3S. The molecule has 5 heteroatoms. The van der Waals surface area contributed by atoms with Crippen LogP contribution < -0.4 is 25.5 Å². The number of fused-ring (bicyclic) bond motifs is 8. The first-order valence-corrected chi connectivity index (χ1v) is 25.2. The van der Waals surface area contributed by atoms with Gasteiger partial charge in [-0.2, -0.15) is 0 Å². The van der Waals surface area contributed by atoms with Gasteiger partial charge in [0.05, 0.1) is 10.4 Å². The lowest BCUT2D eigenvalue weighted by atomic mass is 9.43. The summed E-state index contributed by atoms with van der Waals surface area (Å²) in [6, 6.07) is 98.1. The van der Waals surface area contributed by atoms with Crippen LogP contribution in [0.25, 0.3) is 64.7 Å². The molecule has 71 heavy (non-hydrogen) atoms.